The first-order valence-electron chi connectivity index (χ1n) is 7.68. The number of carbonyl (C=O) groups is 1. The zero-order valence-corrected chi connectivity index (χ0v) is 15.0. The van der Waals surface area contributed by atoms with Crippen LogP contribution in [0.15, 0.2) is 29.1 Å². The van der Waals surface area contributed by atoms with Gasteiger partial charge in [-0.3, -0.25) is 4.79 Å². The van der Waals surface area contributed by atoms with Crippen molar-refractivity contribution in [1.29, 1.82) is 0 Å². The third kappa shape index (κ3) is 3.63. The van der Waals surface area contributed by atoms with Crippen molar-refractivity contribution in [3.05, 3.63) is 62.0 Å². The summed E-state index contributed by atoms with van der Waals surface area (Å²) in [6.07, 6.45) is -1.97. The molecule has 3 rings (SSSR count). The number of nitrogens with zero attached hydrogens (tertiary/aromatic N) is 1. The van der Waals surface area contributed by atoms with Crippen LogP contribution in [0.4, 0.5) is 13.2 Å². The van der Waals surface area contributed by atoms with Crippen LogP contribution in [0.5, 0.6) is 0 Å². The number of thiophene rings is 1. The zero-order chi connectivity index (χ0) is 19.8. The van der Waals surface area contributed by atoms with Crippen LogP contribution in [0.3, 0.4) is 0 Å². The van der Waals surface area contributed by atoms with Crippen molar-refractivity contribution in [3.8, 4) is 0 Å². The van der Waals surface area contributed by atoms with E-state index in [9.17, 15) is 22.8 Å². The van der Waals surface area contributed by atoms with E-state index in [-0.39, 0.29) is 21.7 Å². The highest BCUT2D eigenvalue weighted by Gasteiger charge is 2.32. The normalized spacial score (nSPS) is 12.0. The van der Waals surface area contributed by atoms with Gasteiger partial charge in [0.15, 0.2) is 0 Å². The van der Waals surface area contributed by atoms with Crippen molar-refractivity contribution in [2.45, 2.75) is 13.1 Å². The van der Waals surface area contributed by atoms with E-state index < -0.39 is 23.3 Å². The number of aromatic amines is 1. The third-order valence-electron chi connectivity index (χ3n) is 3.88. The van der Waals surface area contributed by atoms with Gasteiger partial charge in [-0.05, 0) is 30.2 Å². The summed E-state index contributed by atoms with van der Waals surface area (Å²) in [5, 5.41) is 0.258. The van der Waals surface area contributed by atoms with Crippen molar-refractivity contribution >= 4 is 39.7 Å². The second-order valence-corrected chi connectivity index (χ2v) is 6.60. The van der Waals surface area contributed by atoms with E-state index in [0.717, 1.165) is 17.4 Å². The topological polar surface area (TPSA) is 72.0 Å². The zero-order valence-electron chi connectivity index (χ0n) is 14.2. The molecule has 0 unspecified atom stereocenters. The molecule has 0 spiro atoms. The number of H-pyrrole nitrogens is 1. The van der Waals surface area contributed by atoms with E-state index in [1.807, 2.05) is 0 Å². The molecule has 0 aliphatic carbocycles. The van der Waals surface area contributed by atoms with Gasteiger partial charge >= 0.3 is 12.1 Å². The molecule has 0 saturated heterocycles. The first-order valence-corrected chi connectivity index (χ1v) is 8.50. The number of ether oxygens (including phenoxy) is 1. The summed E-state index contributed by atoms with van der Waals surface area (Å²) < 4.78 is 43.8. The van der Waals surface area contributed by atoms with Crippen LogP contribution in [0.2, 0.25) is 0 Å². The lowest BCUT2D eigenvalue weighted by Gasteiger charge is -2.09. The molecule has 0 amide bonds. The Morgan fingerprint density at radius 2 is 1.96 bits per heavy atom. The maximum Gasteiger partial charge on any atom is 0.416 e. The number of rotatable bonds is 3. The number of halogens is 3. The Balaban J connectivity index is 2.06. The van der Waals surface area contributed by atoms with Gasteiger partial charge < -0.3 is 9.72 Å². The predicted octanol–water partition coefficient (Wildman–Crippen LogP) is 4.27. The highest BCUT2D eigenvalue weighted by Crippen LogP contribution is 2.32. The molecule has 0 radical (unpaired) electrons. The Morgan fingerprint density at radius 1 is 1.26 bits per heavy atom. The molecule has 1 aromatic carbocycles. The van der Waals surface area contributed by atoms with Gasteiger partial charge in [0.05, 0.1) is 18.1 Å². The van der Waals surface area contributed by atoms with Crippen LogP contribution in [0.25, 0.3) is 22.4 Å². The smallest absolute Gasteiger partial charge is 0.416 e. The standard InChI is InChI=1S/C18H13F3N2O3S/c1-9-13-15(24)22-12(23-16(13)27-14(9)17(25)26-2)8-7-10-5-3-4-6-11(10)18(19,20)21/h3-8H,1-2H3,(H,22,23,24)/b8-7+. The maximum absolute atomic E-state index is 13.1. The minimum atomic E-state index is -4.49. The largest absolute Gasteiger partial charge is 0.465 e. The summed E-state index contributed by atoms with van der Waals surface area (Å²) in [4.78, 5) is 31.4. The molecular formula is C18H13F3N2O3S. The third-order valence-corrected chi connectivity index (χ3v) is 5.04. The summed E-state index contributed by atoms with van der Waals surface area (Å²) in [7, 11) is 1.23. The SMILES string of the molecule is COC(=O)c1sc2nc(/C=C/c3ccccc3C(F)(F)F)[nH]c(=O)c2c1C. The second-order valence-electron chi connectivity index (χ2n) is 5.60. The summed E-state index contributed by atoms with van der Waals surface area (Å²) in [6.45, 7) is 1.61. The van der Waals surface area contributed by atoms with Gasteiger partial charge in [0, 0.05) is 0 Å². The minimum absolute atomic E-state index is 0.0506. The highest BCUT2D eigenvalue weighted by molar-refractivity contribution is 7.20. The molecular weight excluding hydrogens is 381 g/mol. The van der Waals surface area contributed by atoms with Crippen molar-refractivity contribution in [2.24, 2.45) is 0 Å². The summed E-state index contributed by atoms with van der Waals surface area (Å²) in [6, 6.07) is 5.08. The van der Waals surface area contributed by atoms with Crippen molar-refractivity contribution < 1.29 is 22.7 Å². The average Bonchev–Trinajstić information content (AvgIpc) is 2.96. The Bertz CT molecular complexity index is 1110. The van der Waals surface area contributed by atoms with Gasteiger partial charge in [-0.2, -0.15) is 13.2 Å². The Kier molecular flexibility index (Phi) is 4.88. The van der Waals surface area contributed by atoms with E-state index >= 15 is 0 Å². The van der Waals surface area contributed by atoms with Crippen molar-refractivity contribution in [2.75, 3.05) is 7.11 Å². The molecule has 0 aliphatic heterocycles. The molecule has 3 aromatic rings. The van der Waals surface area contributed by atoms with Crippen molar-refractivity contribution in [3.63, 3.8) is 0 Å². The fourth-order valence-corrected chi connectivity index (χ4v) is 3.70. The van der Waals surface area contributed by atoms with E-state index in [1.165, 1.54) is 37.5 Å². The van der Waals surface area contributed by atoms with E-state index in [0.29, 0.717) is 10.4 Å². The van der Waals surface area contributed by atoms with E-state index in [4.69, 9.17) is 0 Å². The molecule has 5 nitrogen and oxygen atoms in total. The number of alkyl halides is 3. The van der Waals surface area contributed by atoms with Gasteiger partial charge in [0.1, 0.15) is 15.5 Å². The monoisotopic (exact) mass is 394 g/mol. The number of carbonyl (C=O) groups excluding carboxylic acids is 1. The maximum atomic E-state index is 13.1. The summed E-state index contributed by atoms with van der Waals surface area (Å²) >= 11 is 0.994. The van der Waals surface area contributed by atoms with E-state index in [2.05, 4.69) is 14.7 Å². The molecule has 1 N–H and O–H groups in total. The molecule has 140 valence electrons. The van der Waals surface area contributed by atoms with E-state index in [1.54, 1.807) is 6.92 Å². The number of esters is 1. The fourth-order valence-electron chi connectivity index (χ4n) is 2.60. The first-order chi connectivity index (χ1) is 12.7. The van der Waals surface area contributed by atoms with Crippen LogP contribution in [-0.2, 0) is 10.9 Å². The molecule has 9 heteroatoms. The van der Waals surface area contributed by atoms with Crippen LogP contribution in [0, 0.1) is 6.92 Å². The number of benzene rings is 1. The van der Waals surface area contributed by atoms with Gasteiger partial charge in [0.25, 0.3) is 5.56 Å². The number of fused-ring (bicyclic) bond motifs is 1. The second kappa shape index (κ2) is 6.99. The Labute approximate surface area is 155 Å². The molecule has 0 atom stereocenters. The number of aryl methyl sites for hydroxylation is 1. The minimum Gasteiger partial charge on any atom is -0.465 e. The molecule has 2 aromatic heterocycles. The van der Waals surface area contributed by atoms with Crippen LogP contribution >= 0.6 is 11.3 Å². The van der Waals surface area contributed by atoms with Crippen LogP contribution in [-0.4, -0.2) is 23.0 Å². The fraction of sp³-hybridized carbons (Fsp3) is 0.167. The summed E-state index contributed by atoms with van der Waals surface area (Å²) in [5.74, 6) is -0.492. The van der Waals surface area contributed by atoms with Gasteiger partial charge in [-0.15, -0.1) is 11.3 Å². The molecule has 0 fully saturated rings. The van der Waals surface area contributed by atoms with Gasteiger partial charge in [0.2, 0.25) is 0 Å². The van der Waals surface area contributed by atoms with Gasteiger partial charge in [-0.25, -0.2) is 9.78 Å². The molecule has 0 saturated carbocycles. The number of hydrogen-bond donors (Lipinski definition) is 1. The number of hydrogen-bond acceptors (Lipinski definition) is 5. The molecule has 0 bridgehead atoms. The average molecular weight is 394 g/mol. The van der Waals surface area contributed by atoms with Crippen molar-refractivity contribution in [1.82, 2.24) is 9.97 Å². The molecule has 27 heavy (non-hydrogen) atoms. The molecule has 2 heterocycles. The summed E-state index contributed by atoms with van der Waals surface area (Å²) in [5.41, 5.74) is -0.865. The molecule has 0 aliphatic rings. The lowest BCUT2D eigenvalue weighted by Crippen LogP contribution is -2.10. The first kappa shape index (κ1) is 18.8. The quantitative estimate of drug-likeness (QED) is 0.674. The van der Waals surface area contributed by atoms with Gasteiger partial charge in [-0.1, -0.05) is 24.3 Å². The lowest BCUT2D eigenvalue weighted by atomic mass is 10.1. The Hall–Kier alpha value is -2.94. The van der Waals surface area contributed by atoms with Crippen LogP contribution < -0.4 is 5.56 Å². The number of methoxy groups -OCH3 is 1. The number of aromatic nitrogens is 2. The highest BCUT2D eigenvalue weighted by atomic mass is 32.1. The van der Waals surface area contributed by atoms with Crippen LogP contribution in [0.1, 0.15) is 32.2 Å². The Morgan fingerprint density at radius 3 is 2.63 bits per heavy atom. The number of nitrogens with one attached hydrogen (secondary N) is 1. The predicted molar refractivity (Wildman–Crippen MR) is 96.7 cm³/mol. The lowest BCUT2D eigenvalue weighted by molar-refractivity contribution is -0.137.